The highest BCUT2D eigenvalue weighted by molar-refractivity contribution is 6.39. The molecule has 0 heterocycles. The van der Waals surface area contributed by atoms with Crippen molar-refractivity contribution in [1.82, 2.24) is 5.43 Å². The monoisotopic (exact) mass is 451 g/mol. The second kappa shape index (κ2) is 10.2. The van der Waals surface area contributed by atoms with Crippen molar-refractivity contribution in [1.29, 1.82) is 0 Å². The van der Waals surface area contributed by atoms with Crippen LogP contribution >= 0.6 is 0 Å². The molecule has 0 saturated carbocycles. The number of esters is 1. The van der Waals surface area contributed by atoms with Gasteiger partial charge in [-0.05, 0) is 47.5 Å². The van der Waals surface area contributed by atoms with Crippen LogP contribution in [0.5, 0.6) is 5.75 Å². The Morgan fingerprint density at radius 1 is 0.794 bits per heavy atom. The number of nitrogens with one attached hydrogen (secondary N) is 2. The number of para-hydroxylation sites is 1. The molecule has 7 nitrogen and oxygen atoms in total. The van der Waals surface area contributed by atoms with Gasteiger partial charge in [-0.15, -0.1) is 0 Å². The summed E-state index contributed by atoms with van der Waals surface area (Å²) in [5, 5.41) is 8.15. The molecule has 34 heavy (non-hydrogen) atoms. The average molecular weight is 451 g/mol. The molecule has 7 heteroatoms. The lowest BCUT2D eigenvalue weighted by Crippen LogP contribution is -2.32. The second-order valence-electron chi connectivity index (χ2n) is 7.42. The topological polar surface area (TPSA) is 96.9 Å². The summed E-state index contributed by atoms with van der Waals surface area (Å²) in [6, 6.07) is 26.7. The first-order valence-corrected chi connectivity index (χ1v) is 10.5. The van der Waals surface area contributed by atoms with Gasteiger partial charge in [-0.25, -0.2) is 10.2 Å². The number of amides is 2. The fraction of sp³-hybridized carbons (Fsp3) is 0.0370. The van der Waals surface area contributed by atoms with Crippen molar-refractivity contribution in [3.05, 3.63) is 108 Å². The zero-order valence-electron chi connectivity index (χ0n) is 18.3. The number of hydrogen-bond acceptors (Lipinski definition) is 5. The first kappa shape index (κ1) is 22.4. The van der Waals surface area contributed by atoms with E-state index in [4.69, 9.17) is 4.74 Å². The third-order valence-corrected chi connectivity index (χ3v) is 5.10. The second-order valence-corrected chi connectivity index (χ2v) is 7.42. The van der Waals surface area contributed by atoms with Gasteiger partial charge < -0.3 is 10.1 Å². The van der Waals surface area contributed by atoms with Crippen molar-refractivity contribution < 1.29 is 19.1 Å². The maximum absolute atomic E-state index is 12.6. The lowest BCUT2D eigenvalue weighted by Gasteiger charge is -2.10. The first-order chi connectivity index (χ1) is 16.5. The summed E-state index contributed by atoms with van der Waals surface area (Å²) in [7, 11) is 0. The molecule has 0 aliphatic rings. The normalized spacial score (nSPS) is 10.7. The van der Waals surface area contributed by atoms with Crippen molar-refractivity contribution in [3.8, 4) is 5.75 Å². The fourth-order valence-corrected chi connectivity index (χ4v) is 3.33. The van der Waals surface area contributed by atoms with Crippen molar-refractivity contribution in [2.75, 3.05) is 5.32 Å². The van der Waals surface area contributed by atoms with Crippen LogP contribution in [0.1, 0.15) is 21.5 Å². The van der Waals surface area contributed by atoms with E-state index in [2.05, 4.69) is 15.8 Å². The van der Waals surface area contributed by atoms with Crippen LogP contribution in [0.25, 0.3) is 10.8 Å². The van der Waals surface area contributed by atoms with Crippen LogP contribution in [0.3, 0.4) is 0 Å². The molecule has 168 valence electrons. The number of hydrazone groups is 1. The number of nitrogens with zero attached hydrogens (tertiary/aromatic N) is 1. The van der Waals surface area contributed by atoms with Gasteiger partial charge in [-0.3, -0.25) is 9.59 Å². The van der Waals surface area contributed by atoms with Crippen LogP contribution in [0.15, 0.2) is 96.1 Å². The van der Waals surface area contributed by atoms with E-state index >= 15 is 0 Å². The molecule has 4 aromatic rings. The number of benzene rings is 4. The maximum Gasteiger partial charge on any atom is 0.343 e. The summed E-state index contributed by atoms with van der Waals surface area (Å²) in [5.74, 6) is -2.02. The van der Waals surface area contributed by atoms with Gasteiger partial charge in [-0.1, -0.05) is 66.7 Å². The standard InChI is InChI=1S/C27H21N3O4/c1-18-9-5-8-14-23(18)29-25(31)26(32)30-28-17-22-21-13-7-6-10-19(21)15-16-24(22)34-27(33)20-11-3-2-4-12-20/h2-17H,1H3,(H,29,31)(H,30,32)/b28-17+. The van der Waals surface area contributed by atoms with Gasteiger partial charge in [0.15, 0.2) is 0 Å². The number of fused-ring (bicyclic) bond motifs is 1. The molecule has 0 aliphatic carbocycles. The third kappa shape index (κ3) is 5.16. The third-order valence-electron chi connectivity index (χ3n) is 5.10. The number of carbonyl (C=O) groups is 3. The quantitative estimate of drug-likeness (QED) is 0.154. The molecule has 0 aliphatic heterocycles. The highest BCUT2D eigenvalue weighted by Crippen LogP contribution is 2.27. The predicted octanol–water partition coefficient (Wildman–Crippen LogP) is 4.46. The summed E-state index contributed by atoms with van der Waals surface area (Å²) in [5.41, 5.74) is 4.48. The van der Waals surface area contributed by atoms with Crippen molar-refractivity contribution >= 4 is 40.5 Å². The van der Waals surface area contributed by atoms with Crippen LogP contribution in [0, 0.1) is 6.92 Å². The zero-order valence-corrected chi connectivity index (χ0v) is 18.3. The van der Waals surface area contributed by atoms with Gasteiger partial charge in [0.05, 0.1) is 11.8 Å². The molecule has 0 radical (unpaired) electrons. The van der Waals surface area contributed by atoms with Crippen molar-refractivity contribution in [2.24, 2.45) is 5.10 Å². The molecule has 0 saturated heterocycles. The molecular formula is C27H21N3O4. The molecule has 0 fully saturated rings. The Hall–Kier alpha value is -4.78. The Morgan fingerprint density at radius 3 is 2.29 bits per heavy atom. The summed E-state index contributed by atoms with van der Waals surface area (Å²) >= 11 is 0. The minimum Gasteiger partial charge on any atom is -0.422 e. The molecule has 2 N–H and O–H groups in total. The first-order valence-electron chi connectivity index (χ1n) is 10.5. The Kier molecular flexibility index (Phi) is 6.74. The molecular weight excluding hydrogens is 430 g/mol. The van der Waals surface area contributed by atoms with E-state index in [0.717, 1.165) is 16.3 Å². The molecule has 0 bridgehead atoms. The van der Waals surface area contributed by atoms with Gasteiger partial charge in [0.25, 0.3) is 0 Å². The number of hydrogen-bond donors (Lipinski definition) is 2. The molecule has 4 aromatic carbocycles. The Labute approximate surface area is 196 Å². The Morgan fingerprint density at radius 2 is 1.50 bits per heavy atom. The van der Waals surface area contributed by atoms with Gasteiger partial charge in [0, 0.05) is 11.3 Å². The van der Waals surface area contributed by atoms with Gasteiger partial charge in [0.2, 0.25) is 0 Å². The number of aryl methyl sites for hydroxylation is 1. The highest BCUT2D eigenvalue weighted by Gasteiger charge is 2.15. The number of rotatable bonds is 5. The largest absolute Gasteiger partial charge is 0.422 e. The fourth-order valence-electron chi connectivity index (χ4n) is 3.33. The predicted molar refractivity (Wildman–Crippen MR) is 131 cm³/mol. The molecule has 0 aromatic heterocycles. The van der Waals surface area contributed by atoms with Crippen LogP contribution in [0.2, 0.25) is 0 Å². The number of anilines is 1. The van der Waals surface area contributed by atoms with Crippen molar-refractivity contribution in [2.45, 2.75) is 6.92 Å². The minimum atomic E-state index is -0.928. The van der Waals surface area contributed by atoms with Gasteiger partial charge in [-0.2, -0.15) is 5.10 Å². The lowest BCUT2D eigenvalue weighted by atomic mass is 10.0. The Balaban J connectivity index is 1.54. The summed E-state index contributed by atoms with van der Waals surface area (Å²) in [6.45, 7) is 1.82. The molecule has 4 rings (SSSR count). The molecule has 0 unspecified atom stereocenters. The molecule has 0 spiro atoms. The summed E-state index contributed by atoms with van der Waals surface area (Å²) in [4.78, 5) is 37.0. The highest BCUT2D eigenvalue weighted by atomic mass is 16.5. The van der Waals surface area contributed by atoms with E-state index in [1.807, 2.05) is 55.5 Å². The lowest BCUT2D eigenvalue weighted by molar-refractivity contribution is -0.136. The van der Waals surface area contributed by atoms with Crippen LogP contribution in [-0.4, -0.2) is 24.0 Å². The SMILES string of the molecule is Cc1ccccc1NC(=O)C(=O)N/N=C/c1c(OC(=O)c2ccccc2)ccc2ccccc12. The molecule has 2 amide bonds. The van der Waals surface area contributed by atoms with E-state index in [-0.39, 0.29) is 5.75 Å². The minimum absolute atomic E-state index is 0.273. The smallest absolute Gasteiger partial charge is 0.343 e. The summed E-state index contributed by atoms with van der Waals surface area (Å²) < 4.78 is 5.61. The van der Waals surface area contributed by atoms with Crippen LogP contribution in [-0.2, 0) is 9.59 Å². The number of carbonyl (C=O) groups excluding carboxylic acids is 3. The van der Waals surface area contributed by atoms with E-state index in [0.29, 0.717) is 16.8 Å². The van der Waals surface area contributed by atoms with Gasteiger partial charge >= 0.3 is 17.8 Å². The van der Waals surface area contributed by atoms with E-state index in [1.165, 1.54) is 6.21 Å². The van der Waals surface area contributed by atoms with E-state index in [9.17, 15) is 14.4 Å². The molecule has 0 atom stereocenters. The van der Waals surface area contributed by atoms with E-state index in [1.54, 1.807) is 42.5 Å². The summed E-state index contributed by atoms with van der Waals surface area (Å²) in [6.07, 6.45) is 1.36. The van der Waals surface area contributed by atoms with Crippen LogP contribution in [0.4, 0.5) is 5.69 Å². The van der Waals surface area contributed by atoms with Crippen molar-refractivity contribution in [3.63, 3.8) is 0 Å². The van der Waals surface area contributed by atoms with E-state index < -0.39 is 17.8 Å². The van der Waals surface area contributed by atoms with Crippen LogP contribution < -0.4 is 15.5 Å². The maximum atomic E-state index is 12.6. The van der Waals surface area contributed by atoms with Gasteiger partial charge in [0.1, 0.15) is 5.75 Å². The number of ether oxygens (including phenoxy) is 1. The Bertz CT molecular complexity index is 1400. The average Bonchev–Trinajstić information content (AvgIpc) is 2.86. The zero-order chi connectivity index (χ0) is 23.9.